The van der Waals surface area contributed by atoms with Crippen LogP contribution in [0.3, 0.4) is 0 Å². The Morgan fingerprint density at radius 2 is 2.00 bits per heavy atom. The molecule has 0 radical (unpaired) electrons. The Labute approximate surface area is 186 Å². The number of ether oxygens (including phenoxy) is 2. The Hall–Kier alpha value is -1.08. The summed E-state index contributed by atoms with van der Waals surface area (Å²) >= 11 is 1.30. The summed E-state index contributed by atoms with van der Waals surface area (Å²) in [6.45, 7) is 5.90. The highest BCUT2D eigenvalue weighted by Crippen LogP contribution is 2.71. The van der Waals surface area contributed by atoms with Crippen LogP contribution in [0.2, 0.25) is 0 Å². The summed E-state index contributed by atoms with van der Waals surface area (Å²) in [5, 5.41) is 11.5. The first-order chi connectivity index (χ1) is 14.7. The second kappa shape index (κ2) is 7.21. The van der Waals surface area contributed by atoms with Crippen LogP contribution in [0.15, 0.2) is 23.2 Å². The number of rotatable bonds is 4. The fourth-order valence-electron chi connectivity index (χ4n) is 7.57. The monoisotopic (exact) mass is 454 g/mol. The topological polar surface area (TPSA) is 55.8 Å². The molecule has 7 heteroatoms. The van der Waals surface area contributed by atoms with E-state index in [4.69, 9.17) is 9.47 Å². The average molecular weight is 455 g/mol. The lowest BCUT2D eigenvalue weighted by Gasteiger charge is -2.62. The summed E-state index contributed by atoms with van der Waals surface area (Å²) in [4.78, 5) is 12.8. The third kappa shape index (κ3) is 2.65. The predicted molar refractivity (Wildman–Crippen MR) is 114 cm³/mol. The summed E-state index contributed by atoms with van der Waals surface area (Å²) in [6, 6.07) is -0.457. The van der Waals surface area contributed by atoms with Crippen LogP contribution in [-0.2, 0) is 14.3 Å². The molecule has 31 heavy (non-hydrogen) atoms. The molecule has 0 amide bonds. The number of aliphatic hydroxyl groups is 1. The normalized spacial score (nSPS) is 48.3. The third-order valence-electron chi connectivity index (χ3n) is 9.08. The van der Waals surface area contributed by atoms with Crippen molar-refractivity contribution in [2.24, 2.45) is 22.7 Å². The fraction of sp³-hybridized carbons (Fsp3) is 0.792. The number of halogens is 2. The van der Waals surface area contributed by atoms with Crippen molar-refractivity contribution in [3.8, 4) is 0 Å². The highest BCUT2D eigenvalue weighted by atomic mass is 32.2. The van der Waals surface area contributed by atoms with Crippen molar-refractivity contribution >= 4 is 17.5 Å². The molecule has 0 saturated heterocycles. The Morgan fingerprint density at radius 1 is 1.23 bits per heavy atom. The maximum atomic E-state index is 17.5. The van der Waals surface area contributed by atoms with Crippen LogP contribution in [0.25, 0.3) is 0 Å². The number of carbonyl (C=O) groups is 1. The molecule has 1 N–H and O–H groups in total. The van der Waals surface area contributed by atoms with Crippen molar-refractivity contribution < 1.29 is 28.2 Å². The lowest BCUT2D eigenvalue weighted by atomic mass is 9.45. The molecular formula is C24H32F2O4S. The quantitative estimate of drug-likeness (QED) is 0.632. The van der Waals surface area contributed by atoms with Gasteiger partial charge < -0.3 is 14.6 Å². The predicted octanol–water partition coefficient (Wildman–Crippen LogP) is 5.21. The maximum absolute atomic E-state index is 17.5. The lowest BCUT2D eigenvalue weighted by molar-refractivity contribution is -0.201. The van der Waals surface area contributed by atoms with Crippen molar-refractivity contribution in [2.75, 3.05) is 6.01 Å². The van der Waals surface area contributed by atoms with E-state index in [0.717, 1.165) is 19.3 Å². The molecule has 0 bridgehead atoms. The van der Waals surface area contributed by atoms with Gasteiger partial charge in [-0.05, 0) is 68.4 Å². The number of hydrogen-bond donors (Lipinski definition) is 1. The number of ketones is 1. The molecule has 1 unspecified atom stereocenters. The number of alkyl halides is 2. The van der Waals surface area contributed by atoms with Crippen LogP contribution >= 0.6 is 11.8 Å². The summed E-state index contributed by atoms with van der Waals surface area (Å²) in [6.07, 6.45) is 4.29. The van der Waals surface area contributed by atoms with Crippen LogP contribution in [0.4, 0.5) is 8.78 Å². The van der Waals surface area contributed by atoms with E-state index in [1.54, 1.807) is 6.92 Å². The Morgan fingerprint density at radius 3 is 2.71 bits per heavy atom. The first-order valence-electron chi connectivity index (χ1n) is 11.6. The molecule has 4 nitrogen and oxygen atoms in total. The first-order valence-corrected chi connectivity index (χ1v) is 12.6. The van der Waals surface area contributed by atoms with Gasteiger partial charge in [-0.1, -0.05) is 13.8 Å². The van der Waals surface area contributed by atoms with E-state index in [1.165, 1.54) is 17.8 Å². The van der Waals surface area contributed by atoms with Crippen molar-refractivity contribution in [2.45, 2.75) is 89.0 Å². The SMILES string of the molecule is CCCC1OC2=C(O1)[C@@]1(C)C(=CC2=O)CC[C@H]2[C@@H]3CC[C@@H](SCF)[C@@]3(C)C[C@H](O)[C@@]21F. The minimum absolute atomic E-state index is 0.0683. The number of allylic oxidation sites excluding steroid dienone is 2. The molecule has 4 aliphatic carbocycles. The zero-order chi connectivity index (χ0) is 22.2. The number of fused-ring (bicyclic) bond motifs is 6. The van der Waals surface area contributed by atoms with Crippen molar-refractivity contribution in [1.29, 1.82) is 0 Å². The highest BCUT2D eigenvalue weighted by Gasteiger charge is 2.73. The van der Waals surface area contributed by atoms with E-state index in [-0.39, 0.29) is 39.8 Å². The Balaban J connectivity index is 1.58. The van der Waals surface area contributed by atoms with Gasteiger partial charge in [-0.2, -0.15) is 0 Å². The minimum atomic E-state index is -1.96. The summed E-state index contributed by atoms with van der Waals surface area (Å²) < 4.78 is 42.6. The van der Waals surface area contributed by atoms with Gasteiger partial charge in [0.25, 0.3) is 0 Å². The van der Waals surface area contributed by atoms with E-state index < -0.39 is 29.5 Å². The third-order valence-corrected chi connectivity index (χ3v) is 10.4. The number of thioether (sulfide) groups is 1. The molecule has 8 atom stereocenters. The summed E-state index contributed by atoms with van der Waals surface area (Å²) in [5.74, 6) is -0.183. The van der Waals surface area contributed by atoms with Gasteiger partial charge in [-0.25, -0.2) is 8.78 Å². The minimum Gasteiger partial charge on any atom is -0.454 e. The summed E-state index contributed by atoms with van der Waals surface area (Å²) in [5.41, 5.74) is -2.78. The zero-order valence-corrected chi connectivity index (χ0v) is 19.3. The molecule has 0 aromatic rings. The van der Waals surface area contributed by atoms with Crippen molar-refractivity contribution in [3.05, 3.63) is 23.2 Å². The van der Waals surface area contributed by atoms with E-state index >= 15 is 4.39 Å². The molecule has 5 rings (SSSR count). The lowest BCUT2D eigenvalue weighted by Crippen LogP contribution is -2.67. The van der Waals surface area contributed by atoms with Crippen LogP contribution in [-0.4, -0.2) is 40.2 Å². The fourth-order valence-corrected chi connectivity index (χ4v) is 8.68. The van der Waals surface area contributed by atoms with Gasteiger partial charge in [-0.15, -0.1) is 11.8 Å². The van der Waals surface area contributed by atoms with Gasteiger partial charge in [0.15, 0.2) is 11.4 Å². The molecule has 1 heterocycles. The largest absolute Gasteiger partial charge is 0.454 e. The van der Waals surface area contributed by atoms with E-state index in [1.807, 2.05) is 6.92 Å². The first kappa shape index (κ1) is 21.7. The van der Waals surface area contributed by atoms with E-state index in [2.05, 4.69) is 6.92 Å². The van der Waals surface area contributed by atoms with Crippen LogP contribution in [0.5, 0.6) is 0 Å². The number of hydrogen-bond acceptors (Lipinski definition) is 5. The van der Waals surface area contributed by atoms with Crippen molar-refractivity contribution in [3.63, 3.8) is 0 Å². The van der Waals surface area contributed by atoms with Crippen LogP contribution in [0, 0.1) is 22.7 Å². The number of carbonyl (C=O) groups excluding carboxylic acids is 1. The molecule has 1 aliphatic heterocycles. The summed E-state index contributed by atoms with van der Waals surface area (Å²) in [7, 11) is 0. The van der Waals surface area contributed by atoms with Crippen LogP contribution < -0.4 is 0 Å². The maximum Gasteiger partial charge on any atom is 0.241 e. The molecule has 0 aromatic carbocycles. The molecule has 3 fully saturated rings. The van der Waals surface area contributed by atoms with Gasteiger partial charge in [0.05, 0.1) is 11.5 Å². The van der Waals surface area contributed by atoms with Gasteiger partial charge >= 0.3 is 0 Å². The molecule has 0 aromatic heterocycles. The second-order valence-electron chi connectivity index (χ2n) is 10.4. The number of aliphatic hydroxyl groups excluding tert-OH is 1. The second-order valence-corrected chi connectivity index (χ2v) is 11.5. The Kier molecular flexibility index (Phi) is 5.06. The van der Waals surface area contributed by atoms with E-state index in [0.29, 0.717) is 31.3 Å². The van der Waals surface area contributed by atoms with Crippen molar-refractivity contribution in [1.82, 2.24) is 0 Å². The van der Waals surface area contributed by atoms with Crippen LogP contribution in [0.1, 0.15) is 65.7 Å². The molecular weight excluding hydrogens is 422 g/mol. The average Bonchev–Trinajstić information content (AvgIpc) is 3.28. The zero-order valence-electron chi connectivity index (χ0n) is 18.5. The molecule has 5 aliphatic rings. The highest BCUT2D eigenvalue weighted by molar-refractivity contribution is 7.99. The van der Waals surface area contributed by atoms with E-state index in [9.17, 15) is 14.3 Å². The molecule has 172 valence electrons. The van der Waals surface area contributed by atoms with Gasteiger partial charge in [0.1, 0.15) is 6.01 Å². The standard InChI is InChI=1S/C24H32F2O4S/c1-4-5-19-29-20-16(27)10-13-6-7-15-14-8-9-18(31-12-25)22(14,2)11-17(28)24(15,26)23(13,3)21(20)30-19/h10,14-15,17-19,28H,4-9,11-12H2,1-3H3/t14-,15-,17-,18+,19?,22-,23+,24-/m0/s1. The molecule has 0 spiro atoms. The Bertz CT molecular complexity index is 859. The smallest absolute Gasteiger partial charge is 0.241 e. The van der Waals surface area contributed by atoms with Gasteiger partial charge in [0.2, 0.25) is 17.8 Å². The van der Waals surface area contributed by atoms with Gasteiger partial charge in [0, 0.05) is 17.6 Å². The van der Waals surface area contributed by atoms with Gasteiger partial charge in [-0.3, -0.25) is 4.79 Å². The molecule has 3 saturated carbocycles.